The van der Waals surface area contributed by atoms with Gasteiger partial charge in [-0.05, 0) is 70.2 Å². The van der Waals surface area contributed by atoms with E-state index in [2.05, 4.69) is 46.5 Å². The Morgan fingerprint density at radius 2 is 1.90 bits per heavy atom. The summed E-state index contributed by atoms with van der Waals surface area (Å²) in [6, 6.07) is 7.72. The molecule has 2 atom stereocenters. The van der Waals surface area contributed by atoms with Gasteiger partial charge in [-0.25, -0.2) is 4.79 Å². The molecule has 0 fully saturated rings. The predicted molar refractivity (Wildman–Crippen MR) is 170 cm³/mol. The zero-order valence-electron chi connectivity index (χ0n) is 26.3. The van der Waals surface area contributed by atoms with Crippen LogP contribution in [-0.4, -0.2) is 44.1 Å². The van der Waals surface area contributed by atoms with E-state index < -0.39 is 28.7 Å². The Labute approximate surface area is 252 Å². The van der Waals surface area contributed by atoms with E-state index in [0.29, 0.717) is 43.1 Å². The van der Waals surface area contributed by atoms with Crippen molar-refractivity contribution in [3.05, 3.63) is 69.3 Å². The van der Waals surface area contributed by atoms with Crippen LogP contribution >= 0.6 is 8.61 Å². The number of nitrogens with zero attached hydrogens (tertiary/aromatic N) is 1. The largest absolute Gasteiger partial charge is 0.493 e. The molecule has 0 radical (unpaired) electrons. The molecule has 42 heavy (non-hydrogen) atoms. The highest BCUT2D eigenvalue weighted by atomic mass is 31.1. The first-order valence-corrected chi connectivity index (χ1v) is 19.4. The summed E-state index contributed by atoms with van der Waals surface area (Å²) in [4.78, 5) is 32.2. The molecule has 2 unspecified atom stereocenters. The van der Waals surface area contributed by atoms with Crippen molar-refractivity contribution in [2.45, 2.75) is 92.2 Å². The van der Waals surface area contributed by atoms with Gasteiger partial charge < -0.3 is 23.6 Å². The number of carbonyl (C=O) groups is 2. The minimum atomic E-state index is -1.52. The summed E-state index contributed by atoms with van der Waals surface area (Å²) in [5.41, 5.74) is 6.86. The number of esters is 2. The topological polar surface area (TPSA) is 91.4 Å². The van der Waals surface area contributed by atoms with Crippen molar-refractivity contribution in [2.24, 2.45) is 0 Å². The fourth-order valence-corrected chi connectivity index (χ4v) is 6.18. The second-order valence-corrected chi connectivity index (χ2v) is 18.2. The molecule has 10 heteroatoms. The average Bonchev–Trinajstić information content (AvgIpc) is 3.33. The molecule has 0 spiro atoms. The standard InChI is InChI=1S/C32H46NO7PSi/c1-9-25-22(4)27-20-39-32(35)29(27)30(38-17-18-42(6,7)8)26(25)16-15-21(3)19-24-13-11-12-14-28(24)40-33(41-36)23(5)31(34)37-10-2/h11-15,23H,9-10,16-20,41H2,1-8H3. The Kier molecular flexibility index (Phi) is 12.0. The second kappa shape index (κ2) is 15.0. The van der Waals surface area contributed by atoms with Crippen LogP contribution in [-0.2, 0) is 44.7 Å². The Morgan fingerprint density at radius 3 is 2.55 bits per heavy atom. The Bertz CT molecular complexity index is 1340. The zero-order valence-corrected chi connectivity index (χ0v) is 28.5. The van der Waals surface area contributed by atoms with Crippen molar-refractivity contribution in [1.82, 2.24) is 4.83 Å². The van der Waals surface area contributed by atoms with Crippen LogP contribution < -0.4 is 9.57 Å². The molecule has 3 rings (SSSR count). The van der Waals surface area contributed by atoms with Crippen LogP contribution in [0.2, 0.25) is 25.7 Å². The summed E-state index contributed by atoms with van der Waals surface area (Å²) in [6.07, 6.45) is 4.19. The number of hydroxylamine groups is 1. The number of ether oxygens (including phenoxy) is 3. The van der Waals surface area contributed by atoms with E-state index in [1.807, 2.05) is 18.2 Å². The van der Waals surface area contributed by atoms with Gasteiger partial charge in [-0.1, -0.05) is 61.2 Å². The lowest BCUT2D eigenvalue weighted by atomic mass is 9.88. The number of hydrogen-bond donors (Lipinski definition) is 0. The highest BCUT2D eigenvalue weighted by Gasteiger charge is 2.32. The van der Waals surface area contributed by atoms with E-state index >= 15 is 0 Å². The molecule has 0 bridgehead atoms. The number of cyclic esters (lactones) is 1. The van der Waals surface area contributed by atoms with E-state index in [4.69, 9.17) is 19.0 Å². The first kappa shape index (κ1) is 33.6. The first-order valence-electron chi connectivity index (χ1n) is 14.7. The van der Waals surface area contributed by atoms with Crippen LogP contribution in [0.1, 0.15) is 65.9 Å². The van der Waals surface area contributed by atoms with Crippen molar-refractivity contribution in [3.8, 4) is 11.5 Å². The number of carbonyl (C=O) groups excluding carboxylic acids is 2. The summed E-state index contributed by atoms with van der Waals surface area (Å²) in [6.45, 7) is 17.6. The maximum atomic E-state index is 12.8. The molecule has 1 aliphatic rings. The summed E-state index contributed by atoms with van der Waals surface area (Å²) in [7, 11) is -2.85. The van der Waals surface area contributed by atoms with Crippen molar-refractivity contribution in [3.63, 3.8) is 0 Å². The molecule has 1 heterocycles. The summed E-state index contributed by atoms with van der Waals surface area (Å²) in [5, 5.41) is 0. The highest BCUT2D eigenvalue weighted by molar-refractivity contribution is 7.20. The molecule has 0 saturated carbocycles. The quantitative estimate of drug-likeness (QED) is 0.0703. The number of rotatable bonds is 15. The van der Waals surface area contributed by atoms with Crippen LogP contribution in [0, 0.1) is 6.92 Å². The van der Waals surface area contributed by atoms with Crippen molar-refractivity contribution in [1.29, 1.82) is 0 Å². The Balaban J connectivity index is 1.89. The number of allylic oxidation sites excluding steroid dienone is 2. The fourth-order valence-electron chi connectivity index (χ4n) is 5.00. The number of benzene rings is 2. The zero-order chi connectivity index (χ0) is 31.0. The third kappa shape index (κ3) is 8.36. The van der Waals surface area contributed by atoms with Gasteiger partial charge in [-0.15, -0.1) is 0 Å². The normalized spacial score (nSPS) is 14.3. The Hall–Kier alpha value is -2.87. The highest BCUT2D eigenvalue weighted by Crippen LogP contribution is 2.39. The molecule has 0 saturated heterocycles. The van der Waals surface area contributed by atoms with Crippen LogP contribution in [0.5, 0.6) is 11.5 Å². The van der Waals surface area contributed by atoms with E-state index in [-0.39, 0.29) is 12.6 Å². The summed E-state index contributed by atoms with van der Waals surface area (Å²) < 4.78 is 28.9. The second-order valence-electron chi connectivity index (χ2n) is 11.9. The first-order chi connectivity index (χ1) is 19.9. The number of hydrogen-bond acceptors (Lipinski definition) is 7. The molecule has 230 valence electrons. The fraction of sp³-hybridized carbons (Fsp3) is 0.500. The van der Waals surface area contributed by atoms with E-state index in [0.717, 1.165) is 40.3 Å². The molecule has 2 aromatic rings. The molecule has 8 nitrogen and oxygen atoms in total. The van der Waals surface area contributed by atoms with Gasteiger partial charge in [0, 0.05) is 24.8 Å². The van der Waals surface area contributed by atoms with E-state index in [9.17, 15) is 14.2 Å². The molecule has 0 amide bonds. The van der Waals surface area contributed by atoms with Crippen molar-refractivity contribution >= 4 is 28.6 Å². The van der Waals surface area contributed by atoms with Gasteiger partial charge in [0.2, 0.25) is 0 Å². The maximum Gasteiger partial charge on any atom is 0.342 e. The molecular formula is C32H46NO7PSi. The van der Waals surface area contributed by atoms with Crippen LogP contribution in [0.25, 0.3) is 0 Å². The minimum absolute atomic E-state index is 0.238. The molecule has 2 aromatic carbocycles. The SMILES string of the molecule is CCOC(=O)C(C)N(Oc1ccccc1CC(C)=CCc1c(CC)c(C)c2c(c1OCC[Si](C)(C)C)C(=O)OC2)[PH2]=O. The third-order valence-electron chi connectivity index (χ3n) is 7.49. The van der Waals surface area contributed by atoms with Gasteiger partial charge in [0.05, 0.1) is 13.2 Å². The van der Waals surface area contributed by atoms with Gasteiger partial charge in [0.25, 0.3) is 0 Å². The monoisotopic (exact) mass is 615 g/mol. The van der Waals surface area contributed by atoms with Gasteiger partial charge in [-0.2, -0.15) is 0 Å². The smallest absolute Gasteiger partial charge is 0.342 e. The maximum absolute atomic E-state index is 12.8. The molecular weight excluding hydrogens is 569 g/mol. The van der Waals surface area contributed by atoms with Gasteiger partial charge in [-0.3, -0.25) is 4.79 Å². The number of fused-ring (bicyclic) bond motifs is 1. The third-order valence-corrected chi connectivity index (χ3v) is 9.95. The molecule has 1 aliphatic heterocycles. The van der Waals surface area contributed by atoms with Crippen molar-refractivity contribution < 1.29 is 33.2 Å². The van der Waals surface area contributed by atoms with Gasteiger partial charge >= 0.3 is 11.9 Å². The molecule has 0 aliphatic carbocycles. The summed E-state index contributed by atoms with van der Waals surface area (Å²) in [5.74, 6) is 0.403. The summed E-state index contributed by atoms with van der Waals surface area (Å²) >= 11 is 0. The molecule has 0 aromatic heterocycles. The minimum Gasteiger partial charge on any atom is -0.493 e. The lowest BCUT2D eigenvalue weighted by Crippen LogP contribution is -2.36. The average molecular weight is 616 g/mol. The van der Waals surface area contributed by atoms with E-state index in [1.54, 1.807) is 19.9 Å². The Morgan fingerprint density at radius 1 is 1.19 bits per heavy atom. The van der Waals surface area contributed by atoms with Crippen LogP contribution in [0.4, 0.5) is 0 Å². The lowest BCUT2D eigenvalue weighted by molar-refractivity contribution is -0.153. The lowest BCUT2D eigenvalue weighted by Gasteiger charge is -2.23. The van der Waals surface area contributed by atoms with Crippen LogP contribution in [0.15, 0.2) is 35.9 Å². The van der Waals surface area contributed by atoms with Crippen molar-refractivity contribution in [2.75, 3.05) is 13.2 Å². The van der Waals surface area contributed by atoms with Gasteiger partial charge in [0.1, 0.15) is 24.0 Å². The predicted octanol–water partition coefficient (Wildman–Crippen LogP) is 6.90. The van der Waals surface area contributed by atoms with Crippen LogP contribution in [0.3, 0.4) is 0 Å². The van der Waals surface area contributed by atoms with Gasteiger partial charge in [0.15, 0.2) is 14.4 Å². The van der Waals surface area contributed by atoms with E-state index in [1.165, 1.54) is 10.4 Å². The number of para-hydroxylation sites is 1. The molecule has 0 N–H and O–H groups in total.